The van der Waals surface area contributed by atoms with Gasteiger partial charge in [0.25, 0.3) is 0 Å². The molecule has 1 spiro atoms. The lowest BCUT2D eigenvalue weighted by molar-refractivity contribution is -0.111. The van der Waals surface area contributed by atoms with Crippen molar-refractivity contribution < 1.29 is 18.6 Å². The normalized spacial score (nSPS) is 44.2. The van der Waals surface area contributed by atoms with Gasteiger partial charge in [0, 0.05) is 11.5 Å². The van der Waals surface area contributed by atoms with E-state index in [1.165, 1.54) is 0 Å². The molecule has 6 heteroatoms. The van der Waals surface area contributed by atoms with Crippen molar-refractivity contribution >= 4 is 30.9 Å². The summed E-state index contributed by atoms with van der Waals surface area (Å²) in [6.45, 7) is 14.7. The molecule has 146 valence electrons. The fourth-order valence-electron chi connectivity index (χ4n) is 4.45. The van der Waals surface area contributed by atoms with Gasteiger partial charge in [-0.3, -0.25) is 0 Å². The zero-order valence-electron chi connectivity index (χ0n) is 16.9. The summed E-state index contributed by atoms with van der Waals surface area (Å²) in [4.78, 5) is 0. The monoisotopic (exact) mass is 482 g/mol. The molecular formula is C19H35IO4Si. The molecule has 2 saturated heterocycles. The van der Waals surface area contributed by atoms with E-state index >= 15 is 0 Å². The highest BCUT2D eigenvalue weighted by atomic mass is 127. The van der Waals surface area contributed by atoms with E-state index in [-0.39, 0.29) is 34.4 Å². The van der Waals surface area contributed by atoms with Crippen molar-refractivity contribution in [1.82, 2.24) is 0 Å². The standard InChI is InChI=1S/C19H35IO4Si/c1-17(2,3)25(6,7)24-13-8-10-19(12-22-19)16(15(13)21-5)18(4)14(23-18)9-11-20/h13-16H,8-12H2,1-7H3/t13-,14-,15-,16-,18?,19+/m1/s1. The Labute approximate surface area is 168 Å². The Hall–Kier alpha value is 0.787. The van der Waals surface area contributed by atoms with Crippen LogP contribution in [0.15, 0.2) is 0 Å². The van der Waals surface area contributed by atoms with E-state index in [1.807, 2.05) is 7.11 Å². The maximum absolute atomic E-state index is 6.82. The van der Waals surface area contributed by atoms with E-state index in [4.69, 9.17) is 18.6 Å². The SMILES string of the molecule is CO[C@H]1[C@H](C2(C)O[C@@H]2CCI)[C@]2(CC[C@H]1O[Si](C)(C)C(C)(C)C)CO2. The summed E-state index contributed by atoms with van der Waals surface area (Å²) in [7, 11) is -0.00614. The lowest BCUT2D eigenvalue weighted by Gasteiger charge is -2.47. The molecule has 1 saturated carbocycles. The smallest absolute Gasteiger partial charge is 0.192 e. The van der Waals surface area contributed by atoms with Gasteiger partial charge in [-0.2, -0.15) is 0 Å². The Balaban J connectivity index is 1.82. The van der Waals surface area contributed by atoms with Crippen molar-refractivity contribution in [2.24, 2.45) is 5.92 Å². The molecule has 0 radical (unpaired) electrons. The molecule has 0 N–H and O–H groups in total. The van der Waals surface area contributed by atoms with Crippen LogP contribution < -0.4 is 0 Å². The highest BCUT2D eigenvalue weighted by molar-refractivity contribution is 14.1. The van der Waals surface area contributed by atoms with Gasteiger partial charge in [-0.05, 0) is 44.3 Å². The Bertz CT molecular complexity index is 502. The van der Waals surface area contributed by atoms with Gasteiger partial charge >= 0.3 is 0 Å². The Morgan fingerprint density at radius 2 is 1.92 bits per heavy atom. The van der Waals surface area contributed by atoms with Crippen molar-refractivity contribution in [3.8, 4) is 0 Å². The first kappa shape index (κ1) is 20.5. The predicted octanol–water partition coefficient (Wildman–Crippen LogP) is 4.55. The Kier molecular flexibility index (Phi) is 5.49. The van der Waals surface area contributed by atoms with Gasteiger partial charge in [-0.1, -0.05) is 43.4 Å². The molecule has 1 aliphatic carbocycles. The zero-order valence-corrected chi connectivity index (χ0v) is 20.0. The summed E-state index contributed by atoms with van der Waals surface area (Å²) >= 11 is 2.44. The number of alkyl halides is 1. The lowest BCUT2D eigenvalue weighted by Crippen LogP contribution is -2.58. The number of halogens is 1. The van der Waals surface area contributed by atoms with Crippen LogP contribution >= 0.6 is 22.6 Å². The summed E-state index contributed by atoms with van der Waals surface area (Å²) in [5.41, 5.74) is -0.166. The van der Waals surface area contributed by atoms with Gasteiger partial charge in [-0.15, -0.1) is 0 Å². The third kappa shape index (κ3) is 3.60. The third-order valence-corrected chi connectivity index (χ3v) is 12.2. The number of rotatable bonds is 6. The molecule has 0 aromatic rings. The molecule has 25 heavy (non-hydrogen) atoms. The molecule has 0 aromatic carbocycles. The maximum atomic E-state index is 6.82. The van der Waals surface area contributed by atoms with E-state index in [1.54, 1.807) is 0 Å². The van der Waals surface area contributed by atoms with Crippen molar-refractivity contribution in [1.29, 1.82) is 0 Å². The van der Waals surface area contributed by atoms with Crippen LogP contribution in [-0.2, 0) is 18.6 Å². The molecule has 1 unspecified atom stereocenters. The largest absolute Gasteiger partial charge is 0.411 e. The first-order valence-electron chi connectivity index (χ1n) is 9.59. The topological polar surface area (TPSA) is 43.5 Å². The summed E-state index contributed by atoms with van der Waals surface area (Å²) < 4.78 is 26.3. The molecule has 3 rings (SSSR count). The molecule has 2 aliphatic heterocycles. The Morgan fingerprint density at radius 1 is 1.28 bits per heavy atom. The molecule has 0 aromatic heterocycles. The second-order valence-electron chi connectivity index (χ2n) is 9.75. The summed E-state index contributed by atoms with van der Waals surface area (Å²) in [6, 6.07) is 0. The molecule has 6 atom stereocenters. The fourth-order valence-corrected chi connectivity index (χ4v) is 6.37. The van der Waals surface area contributed by atoms with Gasteiger partial charge in [0.1, 0.15) is 5.60 Å². The van der Waals surface area contributed by atoms with Crippen molar-refractivity contribution in [2.75, 3.05) is 18.1 Å². The van der Waals surface area contributed by atoms with E-state index in [9.17, 15) is 0 Å². The number of hydrogen-bond donors (Lipinski definition) is 0. The quantitative estimate of drug-likeness (QED) is 0.241. The first-order valence-corrected chi connectivity index (χ1v) is 14.0. The number of epoxide rings is 2. The summed E-state index contributed by atoms with van der Waals surface area (Å²) in [5, 5.41) is 0.204. The van der Waals surface area contributed by atoms with Crippen LogP contribution in [0.1, 0.15) is 47.0 Å². The van der Waals surface area contributed by atoms with E-state index < -0.39 is 8.32 Å². The second-order valence-corrected chi connectivity index (χ2v) is 15.6. The van der Waals surface area contributed by atoms with Crippen molar-refractivity contribution in [2.45, 2.75) is 94.6 Å². The van der Waals surface area contributed by atoms with Gasteiger partial charge in [0.2, 0.25) is 0 Å². The number of methoxy groups -OCH3 is 1. The third-order valence-electron chi connectivity index (χ3n) is 7.12. The van der Waals surface area contributed by atoms with E-state index in [2.05, 4.69) is 63.4 Å². The molecule has 3 fully saturated rings. The van der Waals surface area contributed by atoms with Crippen LogP contribution in [0, 0.1) is 5.92 Å². The van der Waals surface area contributed by atoms with Crippen LogP contribution in [0.5, 0.6) is 0 Å². The molecule has 4 nitrogen and oxygen atoms in total. The van der Waals surface area contributed by atoms with Gasteiger partial charge < -0.3 is 18.6 Å². The van der Waals surface area contributed by atoms with E-state index in [0.717, 1.165) is 30.3 Å². The highest BCUT2D eigenvalue weighted by Gasteiger charge is 2.72. The summed E-state index contributed by atoms with van der Waals surface area (Å²) in [5.74, 6) is 0.265. The average Bonchev–Trinajstić information content (AvgIpc) is 3.39. The highest BCUT2D eigenvalue weighted by Crippen LogP contribution is 2.60. The fraction of sp³-hybridized carbons (Fsp3) is 1.00. The predicted molar refractivity (Wildman–Crippen MR) is 111 cm³/mol. The molecular weight excluding hydrogens is 447 g/mol. The van der Waals surface area contributed by atoms with Crippen LogP contribution in [0.2, 0.25) is 18.1 Å². The minimum absolute atomic E-state index is 0.0389. The molecule has 3 aliphatic rings. The van der Waals surface area contributed by atoms with Gasteiger partial charge in [0.15, 0.2) is 8.32 Å². The van der Waals surface area contributed by atoms with Crippen LogP contribution in [-0.4, -0.2) is 56.0 Å². The maximum Gasteiger partial charge on any atom is 0.192 e. The van der Waals surface area contributed by atoms with Crippen LogP contribution in [0.25, 0.3) is 0 Å². The van der Waals surface area contributed by atoms with E-state index in [0.29, 0.717) is 6.10 Å². The Morgan fingerprint density at radius 3 is 2.40 bits per heavy atom. The molecule has 0 bridgehead atoms. The van der Waals surface area contributed by atoms with Crippen molar-refractivity contribution in [3.05, 3.63) is 0 Å². The van der Waals surface area contributed by atoms with Gasteiger partial charge in [-0.25, -0.2) is 0 Å². The molecule has 2 heterocycles. The summed E-state index contributed by atoms with van der Waals surface area (Å²) in [6.07, 6.45) is 3.72. The molecule has 0 amide bonds. The zero-order chi connectivity index (χ0) is 18.7. The number of hydrogen-bond acceptors (Lipinski definition) is 4. The lowest BCUT2D eigenvalue weighted by atomic mass is 9.68. The van der Waals surface area contributed by atoms with Crippen LogP contribution in [0.4, 0.5) is 0 Å². The number of ether oxygens (including phenoxy) is 3. The second kappa shape index (κ2) is 6.69. The first-order chi connectivity index (χ1) is 11.5. The average molecular weight is 482 g/mol. The van der Waals surface area contributed by atoms with Crippen LogP contribution in [0.3, 0.4) is 0 Å². The van der Waals surface area contributed by atoms with Gasteiger partial charge in [0.05, 0.1) is 36.4 Å². The van der Waals surface area contributed by atoms with Crippen molar-refractivity contribution in [3.63, 3.8) is 0 Å². The minimum Gasteiger partial charge on any atom is -0.411 e. The minimum atomic E-state index is -1.84.